The SMILES string of the molecule is C=CCN(C)C[C@@H]1CN2CC[C@H]1C[C@@H]2CNC(=O)Nc1ccccc1. The highest BCUT2D eigenvalue weighted by Gasteiger charge is 2.40. The number of amides is 2. The van der Waals surface area contributed by atoms with E-state index in [2.05, 4.69) is 34.1 Å². The van der Waals surface area contributed by atoms with Crippen LogP contribution in [0.3, 0.4) is 0 Å². The minimum atomic E-state index is -0.115. The van der Waals surface area contributed by atoms with Crippen molar-refractivity contribution < 1.29 is 4.79 Å². The number of rotatable bonds is 7. The average Bonchev–Trinajstić information content (AvgIpc) is 2.62. The Labute approximate surface area is 151 Å². The van der Waals surface area contributed by atoms with Crippen LogP contribution in [0.1, 0.15) is 12.8 Å². The third-order valence-corrected chi connectivity index (χ3v) is 5.53. The smallest absolute Gasteiger partial charge is 0.319 e. The van der Waals surface area contributed by atoms with Crippen LogP contribution in [0.2, 0.25) is 0 Å². The van der Waals surface area contributed by atoms with Crippen LogP contribution in [0.4, 0.5) is 10.5 Å². The van der Waals surface area contributed by atoms with Gasteiger partial charge in [-0.2, -0.15) is 0 Å². The third kappa shape index (κ3) is 4.83. The minimum Gasteiger partial charge on any atom is -0.336 e. The Kier molecular flexibility index (Phi) is 6.10. The lowest BCUT2D eigenvalue weighted by Gasteiger charge is -2.50. The fourth-order valence-electron chi connectivity index (χ4n) is 4.27. The Morgan fingerprint density at radius 3 is 2.88 bits per heavy atom. The summed E-state index contributed by atoms with van der Waals surface area (Å²) in [5.41, 5.74) is 0.829. The maximum absolute atomic E-state index is 12.1. The standard InChI is InChI=1S/C20H30N4O/c1-3-10-23(2)14-17-15-24-11-9-16(17)12-19(24)13-21-20(25)22-18-7-5-4-6-8-18/h3-8,16-17,19H,1,9-15H2,2H3,(H2,21,22,25)/t16-,17+,19+/m0/s1. The summed E-state index contributed by atoms with van der Waals surface area (Å²) >= 11 is 0. The predicted octanol–water partition coefficient (Wildman–Crippen LogP) is 2.64. The van der Waals surface area contributed by atoms with Gasteiger partial charge in [-0.15, -0.1) is 6.58 Å². The Morgan fingerprint density at radius 1 is 1.40 bits per heavy atom. The lowest BCUT2D eigenvalue weighted by atomic mass is 9.75. The fraction of sp³-hybridized carbons (Fsp3) is 0.550. The summed E-state index contributed by atoms with van der Waals surface area (Å²) in [5.74, 6) is 1.52. The zero-order valence-corrected chi connectivity index (χ0v) is 15.2. The Bertz CT molecular complexity index is 576. The number of piperidine rings is 3. The molecule has 3 aliphatic heterocycles. The molecule has 0 spiro atoms. The molecule has 3 saturated heterocycles. The summed E-state index contributed by atoms with van der Waals surface area (Å²) in [5, 5.41) is 5.94. The first-order valence-corrected chi connectivity index (χ1v) is 9.29. The minimum absolute atomic E-state index is 0.115. The van der Waals surface area contributed by atoms with Crippen molar-refractivity contribution in [3.8, 4) is 0 Å². The number of fused-ring (bicyclic) bond motifs is 3. The van der Waals surface area contributed by atoms with Gasteiger partial charge in [0, 0.05) is 37.9 Å². The lowest BCUT2D eigenvalue weighted by Crippen LogP contribution is -2.58. The van der Waals surface area contributed by atoms with Gasteiger partial charge < -0.3 is 15.5 Å². The fourth-order valence-corrected chi connectivity index (χ4v) is 4.27. The number of para-hydroxylation sites is 1. The molecule has 0 saturated carbocycles. The Balaban J connectivity index is 1.44. The highest BCUT2D eigenvalue weighted by atomic mass is 16.2. The second-order valence-electron chi connectivity index (χ2n) is 7.40. The first-order valence-electron chi connectivity index (χ1n) is 9.29. The zero-order valence-electron chi connectivity index (χ0n) is 15.2. The highest BCUT2D eigenvalue weighted by Crippen LogP contribution is 2.36. The molecule has 5 nitrogen and oxygen atoms in total. The van der Waals surface area contributed by atoms with Gasteiger partial charge >= 0.3 is 6.03 Å². The number of benzene rings is 1. The van der Waals surface area contributed by atoms with Crippen LogP contribution in [-0.4, -0.2) is 61.6 Å². The van der Waals surface area contributed by atoms with Crippen molar-refractivity contribution in [3.63, 3.8) is 0 Å². The molecule has 3 fully saturated rings. The molecule has 1 unspecified atom stereocenters. The monoisotopic (exact) mass is 342 g/mol. The van der Waals surface area contributed by atoms with Gasteiger partial charge in [0.15, 0.2) is 0 Å². The van der Waals surface area contributed by atoms with Crippen molar-refractivity contribution in [2.24, 2.45) is 11.8 Å². The summed E-state index contributed by atoms with van der Waals surface area (Å²) in [6.07, 6.45) is 4.46. The number of carbonyl (C=O) groups excluding carboxylic acids is 1. The molecule has 1 aromatic rings. The van der Waals surface area contributed by atoms with Crippen LogP contribution >= 0.6 is 0 Å². The van der Waals surface area contributed by atoms with Gasteiger partial charge in [-0.3, -0.25) is 4.90 Å². The first-order chi connectivity index (χ1) is 12.2. The molecule has 3 aliphatic rings. The van der Waals surface area contributed by atoms with Crippen molar-refractivity contribution in [3.05, 3.63) is 43.0 Å². The van der Waals surface area contributed by atoms with Gasteiger partial charge in [0.25, 0.3) is 0 Å². The normalized spacial score (nSPS) is 27.9. The van der Waals surface area contributed by atoms with Crippen molar-refractivity contribution in [2.45, 2.75) is 18.9 Å². The lowest BCUT2D eigenvalue weighted by molar-refractivity contribution is -0.00709. The largest absolute Gasteiger partial charge is 0.336 e. The van der Waals surface area contributed by atoms with Gasteiger partial charge in [0.1, 0.15) is 0 Å². The van der Waals surface area contributed by atoms with E-state index in [9.17, 15) is 4.79 Å². The number of carbonyl (C=O) groups is 1. The summed E-state index contributed by atoms with van der Waals surface area (Å²) in [6.45, 7) is 8.96. The number of nitrogens with zero attached hydrogens (tertiary/aromatic N) is 2. The molecule has 136 valence electrons. The topological polar surface area (TPSA) is 47.6 Å². The summed E-state index contributed by atoms with van der Waals surface area (Å²) in [6, 6.07) is 9.94. The Morgan fingerprint density at radius 2 is 2.20 bits per heavy atom. The van der Waals surface area contributed by atoms with E-state index in [1.807, 2.05) is 36.4 Å². The molecule has 25 heavy (non-hydrogen) atoms. The molecule has 2 amide bonds. The van der Waals surface area contributed by atoms with Crippen LogP contribution in [0.25, 0.3) is 0 Å². The van der Waals surface area contributed by atoms with Gasteiger partial charge in [0.2, 0.25) is 0 Å². The molecule has 0 radical (unpaired) electrons. The molecule has 3 heterocycles. The second-order valence-corrected chi connectivity index (χ2v) is 7.40. The maximum atomic E-state index is 12.1. The van der Waals surface area contributed by atoms with Gasteiger partial charge in [0.05, 0.1) is 0 Å². The zero-order chi connectivity index (χ0) is 17.6. The quantitative estimate of drug-likeness (QED) is 0.749. The van der Waals surface area contributed by atoms with Crippen molar-refractivity contribution >= 4 is 11.7 Å². The number of likely N-dealkylation sites (N-methyl/N-ethyl adjacent to an activating group) is 1. The van der Waals surface area contributed by atoms with Crippen molar-refractivity contribution in [1.29, 1.82) is 0 Å². The van der Waals surface area contributed by atoms with Gasteiger partial charge in [-0.1, -0.05) is 24.3 Å². The molecule has 0 aliphatic carbocycles. The second kappa shape index (κ2) is 8.50. The van der Waals surface area contributed by atoms with E-state index < -0.39 is 0 Å². The summed E-state index contributed by atoms with van der Waals surface area (Å²) in [4.78, 5) is 17.0. The number of hydrogen-bond acceptors (Lipinski definition) is 3. The van der Waals surface area contributed by atoms with E-state index in [1.165, 1.54) is 19.4 Å². The molecule has 4 rings (SSSR count). The Hall–Kier alpha value is -1.85. The summed E-state index contributed by atoms with van der Waals surface area (Å²) in [7, 11) is 2.17. The van der Waals surface area contributed by atoms with E-state index in [1.54, 1.807) is 0 Å². The van der Waals surface area contributed by atoms with Gasteiger partial charge in [-0.25, -0.2) is 4.79 Å². The number of anilines is 1. The third-order valence-electron chi connectivity index (χ3n) is 5.53. The van der Waals surface area contributed by atoms with E-state index in [0.717, 1.165) is 43.7 Å². The van der Waals surface area contributed by atoms with Crippen LogP contribution in [0.5, 0.6) is 0 Å². The highest BCUT2D eigenvalue weighted by molar-refractivity contribution is 5.89. The van der Waals surface area contributed by atoms with E-state index in [-0.39, 0.29) is 6.03 Å². The molecule has 5 heteroatoms. The van der Waals surface area contributed by atoms with E-state index in [4.69, 9.17) is 0 Å². The van der Waals surface area contributed by atoms with Crippen molar-refractivity contribution in [2.75, 3.05) is 45.1 Å². The number of hydrogen-bond donors (Lipinski definition) is 2. The number of nitrogens with one attached hydrogen (secondary N) is 2. The van der Waals surface area contributed by atoms with Crippen molar-refractivity contribution in [1.82, 2.24) is 15.1 Å². The first kappa shape index (κ1) is 18.0. The predicted molar refractivity (Wildman–Crippen MR) is 103 cm³/mol. The molecule has 0 aromatic heterocycles. The molecule has 1 aromatic carbocycles. The molecule has 4 atom stereocenters. The van der Waals surface area contributed by atoms with E-state index >= 15 is 0 Å². The van der Waals surface area contributed by atoms with E-state index in [0.29, 0.717) is 6.04 Å². The van der Waals surface area contributed by atoms with Crippen LogP contribution in [0.15, 0.2) is 43.0 Å². The average molecular weight is 342 g/mol. The summed E-state index contributed by atoms with van der Waals surface area (Å²) < 4.78 is 0. The molecular formula is C20H30N4O. The van der Waals surface area contributed by atoms with Crippen LogP contribution < -0.4 is 10.6 Å². The number of urea groups is 1. The van der Waals surface area contributed by atoms with Crippen LogP contribution in [0, 0.1) is 11.8 Å². The molecule has 2 bridgehead atoms. The van der Waals surface area contributed by atoms with Gasteiger partial charge in [-0.05, 0) is 50.4 Å². The molecular weight excluding hydrogens is 312 g/mol. The van der Waals surface area contributed by atoms with Crippen LogP contribution in [-0.2, 0) is 0 Å². The maximum Gasteiger partial charge on any atom is 0.319 e. The molecule has 2 N–H and O–H groups in total.